The molecule has 1 unspecified atom stereocenters. The maximum Gasteiger partial charge on any atom is 0.355 e. The monoisotopic (exact) mass is 389 g/mol. The first-order valence-electron chi connectivity index (χ1n) is 8.65. The van der Waals surface area contributed by atoms with Gasteiger partial charge < -0.3 is 15.7 Å². The summed E-state index contributed by atoms with van der Waals surface area (Å²) in [5, 5.41) is 16.6. The number of hydrogen-bond acceptors (Lipinski definition) is 5. The highest BCUT2D eigenvalue weighted by Gasteiger charge is 2.24. The number of rotatable bonds is 9. The van der Waals surface area contributed by atoms with E-state index in [4.69, 9.17) is 5.11 Å². The largest absolute Gasteiger partial charge is 0.476 e. The second kappa shape index (κ2) is 9.82. The molecule has 7 nitrogen and oxygen atoms in total. The fourth-order valence-electron chi connectivity index (χ4n) is 2.47. The van der Waals surface area contributed by atoms with Crippen LogP contribution in [0.3, 0.4) is 0 Å². The lowest BCUT2D eigenvalue weighted by atomic mass is 10.0. The average Bonchev–Trinajstić information content (AvgIpc) is 3.09. The van der Waals surface area contributed by atoms with Crippen LogP contribution in [-0.2, 0) is 22.4 Å². The van der Waals surface area contributed by atoms with Gasteiger partial charge in [0.2, 0.25) is 11.8 Å². The number of amides is 2. The number of nitrogens with one attached hydrogen (secondary N) is 2. The van der Waals surface area contributed by atoms with Crippen LogP contribution in [-0.4, -0.2) is 40.5 Å². The fourth-order valence-corrected chi connectivity index (χ4v) is 3.24. The Morgan fingerprint density at radius 1 is 1.19 bits per heavy atom. The Labute approximate surface area is 161 Å². The lowest BCUT2D eigenvalue weighted by Crippen LogP contribution is -2.50. The van der Waals surface area contributed by atoms with Crippen LogP contribution in [0, 0.1) is 5.92 Å². The van der Waals surface area contributed by atoms with Gasteiger partial charge in [0.05, 0.1) is 11.4 Å². The van der Waals surface area contributed by atoms with E-state index in [1.807, 2.05) is 44.2 Å². The highest BCUT2D eigenvalue weighted by atomic mass is 32.1. The van der Waals surface area contributed by atoms with Crippen LogP contribution in [0.25, 0.3) is 0 Å². The third-order valence-electron chi connectivity index (χ3n) is 3.88. The number of carbonyl (C=O) groups excluding carboxylic acids is 2. The van der Waals surface area contributed by atoms with Gasteiger partial charge in [-0.2, -0.15) is 0 Å². The van der Waals surface area contributed by atoms with E-state index in [2.05, 4.69) is 15.6 Å². The molecule has 0 spiro atoms. The van der Waals surface area contributed by atoms with Gasteiger partial charge in [0, 0.05) is 18.3 Å². The highest BCUT2D eigenvalue weighted by molar-refractivity contribution is 7.09. The summed E-state index contributed by atoms with van der Waals surface area (Å²) in [6.07, 6.45) is 0.654. The lowest BCUT2D eigenvalue weighted by Gasteiger charge is -2.21. The SMILES string of the molecule is CC(C)C(NC(=O)Cc1ccccc1)C(=O)NCCc1nc(C(=O)O)cs1. The molecule has 144 valence electrons. The molecule has 0 radical (unpaired) electrons. The molecule has 0 saturated heterocycles. The predicted octanol–water partition coefficient (Wildman–Crippen LogP) is 1.88. The molecular weight excluding hydrogens is 366 g/mol. The molecule has 0 aliphatic heterocycles. The number of aromatic nitrogens is 1. The minimum Gasteiger partial charge on any atom is -0.476 e. The molecule has 1 aromatic carbocycles. The Kier molecular flexibility index (Phi) is 7.48. The van der Waals surface area contributed by atoms with Gasteiger partial charge in [0.15, 0.2) is 5.69 Å². The number of carboxylic acids is 1. The first kappa shape index (κ1) is 20.6. The van der Waals surface area contributed by atoms with Gasteiger partial charge in [-0.25, -0.2) is 9.78 Å². The van der Waals surface area contributed by atoms with Gasteiger partial charge >= 0.3 is 5.97 Å². The van der Waals surface area contributed by atoms with Crippen LogP contribution in [0.5, 0.6) is 0 Å². The Morgan fingerprint density at radius 3 is 2.48 bits per heavy atom. The molecule has 2 aromatic rings. The van der Waals surface area contributed by atoms with Crippen molar-refractivity contribution in [2.45, 2.75) is 32.7 Å². The minimum atomic E-state index is -1.07. The number of aromatic carboxylic acids is 1. The molecule has 2 amide bonds. The number of carboxylic acid groups (broad SMARTS) is 1. The van der Waals surface area contributed by atoms with Gasteiger partial charge in [0.1, 0.15) is 6.04 Å². The summed E-state index contributed by atoms with van der Waals surface area (Å²) in [7, 11) is 0. The van der Waals surface area contributed by atoms with Crippen LogP contribution < -0.4 is 10.6 Å². The van der Waals surface area contributed by atoms with E-state index < -0.39 is 12.0 Å². The number of hydrogen-bond donors (Lipinski definition) is 3. The quantitative estimate of drug-likeness (QED) is 0.607. The molecule has 2 rings (SSSR count). The van der Waals surface area contributed by atoms with Crippen LogP contribution in [0.2, 0.25) is 0 Å². The second-order valence-electron chi connectivity index (χ2n) is 6.42. The van der Waals surface area contributed by atoms with Gasteiger partial charge in [0.25, 0.3) is 0 Å². The van der Waals surface area contributed by atoms with Crippen LogP contribution in [0.15, 0.2) is 35.7 Å². The van der Waals surface area contributed by atoms with Crippen molar-refractivity contribution in [3.63, 3.8) is 0 Å². The summed E-state index contributed by atoms with van der Waals surface area (Å²) in [5.74, 6) is -1.60. The van der Waals surface area contributed by atoms with Gasteiger partial charge in [-0.3, -0.25) is 9.59 Å². The number of thiazole rings is 1. The molecule has 1 aromatic heterocycles. The van der Waals surface area contributed by atoms with E-state index in [-0.39, 0.29) is 29.8 Å². The van der Waals surface area contributed by atoms with E-state index in [0.29, 0.717) is 18.0 Å². The first-order valence-corrected chi connectivity index (χ1v) is 9.53. The second-order valence-corrected chi connectivity index (χ2v) is 7.37. The Balaban J connectivity index is 1.84. The highest BCUT2D eigenvalue weighted by Crippen LogP contribution is 2.10. The summed E-state index contributed by atoms with van der Waals surface area (Å²) in [5.41, 5.74) is 0.894. The molecule has 0 bridgehead atoms. The number of nitrogens with zero attached hydrogens (tertiary/aromatic N) is 1. The summed E-state index contributed by atoms with van der Waals surface area (Å²) < 4.78 is 0. The van der Waals surface area contributed by atoms with Gasteiger partial charge in [-0.05, 0) is 11.5 Å². The van der Waals surface area contributed by atoms with Crippen LogP contribution in [0.1, 0.15) is 34.9 Å². The molecule has 0 aliphatic rings. The summed E-state index contributed by atoms with van der Waals surface area (Å²) in [6.45, 7) is 4.06. The summed E-state index contributed by atoms with van der Waals surface area (Å²) >= 11 is 1.24. The Morgan fingerprint density at radius 2 is 1.89 bits per heavy atom. The van der Waals surface area contributed by atoms with Gasteiger partial charge in [-0.15, -0.1) is 11.3 Å². The maximum absolute atomic E-state index is 12.4. The summed E-state index contributed by atoms with van der Waals surface area (Å²) in [4.78, 5) is 39.5. The molecule has 1 heterocycles. The zero-order valence-electron chi connectivity index (χ0n) is 15.3. The lowest BCUT2D eigenvalue weighted by molar-refractivity contribution is -0.129. The van der Waals surface area contributed by atoms with Crippen molar-refractivity contribution in [2.75, 3.05) is 6.54 Å². The minimum absolute atomic E-state index is 0.00885. The van der Waals surface area contributed by atoms with Gasteiger partial charge in [-0.1, -0.05) is 44.2 Å². The van der Waals surface area contributed by atoms with Crippen molar-refractivity contribution < 1.29 is 19.5 Å². The van der Waals surface area contributed by atoms with Crippen molar-refractivity contribution in [1.29, 1.82) is 0 Å². The summed E-state index contributed by atoms with van der Waals surface area (Å²) in [6, 6.07) is 8.71. The Bertz CT molecular complexity index is 789. The zero-order chi connectivity index (χ0) is 19.8. The molecule has 27 heavy (non-hydrogen) atoms. The molecule has 3 N–H and O–H groups in total. The standard InChI is InChI=1S/C19H23N3O4S/c1-12(2)17(22-15(23)10-13-6-4-3-5-7-13)18(24)20-9-8-16-21-14(11-27-16)19(25)26/h3-7,11-12,17H,8-10H2,1-2H3,(H,20,24)(H,22,23)(H,25,26). The van der Waals surface area contributed by atoms with Crippen molar-refractivity contribution >= 4 is 29.1 Å². The zero-order valence-corrected chi connectivity index (χ0v) is 16.1. The Hall–Kier alpha value is -2.74. The predicted molar refractivity (Wildman–Crippen MR) is 103 cm³/mol. The molecule has 0 fully saturated rings. The maximum atomic E-state index is 12.4. The van der Waals surface area contributed by atoms with E-state index in [1.54, 1.807) is 0 Å². The van der Waals surface area contributed by atoms with Crippen molar-refractivity contribution in [3.8, 4) is 0 Å². The van der Waals surface area contributed by atoms with E-state index in [1.165, 1.54) is 16.7 Å². The molecule has 0 saturated carbocycles. The van der Waals surface area contributed by atoms with E-state index >= 15 is 0 Å². The number of carbonyl (C=O) groups is 3. The molecule has 1 atom stereocenters. The van der Waals surface area contributed by atoms with Crippen LogP contribution >= 0.6 is 11.3 Å². The topological polar surface area (TPSA) is 108 Å². The first-order chi connectivity index (χ1) is 12.9. The number of benzene rings is 1. The molecular formula is C19H23N3O4S. The smallest absolute Gasteiger partial charge is 0.355 e. The molecule has 8 heteroatoms. The van der Waals surface area contributed by atoms with E-state index in [9.17, 15) is 14.4 Å². The third-order valence-corrected chi connectivity index (χ3v) is 4.79. The normalized spacial score (nSPS) is 11.8. The van der Waals surface area contributed by atoms with Crippen molar-refractivity contribution in [2.24, 2.45) is 5.92 Å². The van der Waals surface area contributed by atoms with Crippen LogP contribution in [0.4, 0.5) is 0 Å². The fraction of sp³-hybridized carbons (Fsp3) is 0.368. The molecule has 0 aliphatic carbocycles. The van der Waals surface area contributed by atoms with Crippen molar-refractivity contribution in [1.82, 2.24) is 15.6 Å². The van der Waals surface area contributed by atoms with Crippen molar-refractivity contribution in [3.05, 3.63) is 52.0 Å². The van der Waals surface area contributed by atoms with E-state index in [0.717, 1.165) is 5.56 Å². The average molecular weight is 389 g/mol. The third kappa shape index (κ3) is 6.49.